The Balaban J connectivity index is 0.00000289. The van der Waals surface area contributed by atoms with E-state index in [0.717, 1.165) is 18.2 Å². The van der Waals surface area contributed by atoms with Crippen LogP contribution in [0.15, 0.2) is 18.2 Å². The Labute approximate surface area is 110 Å². The van der Waals surface area contributed by atoms with Crippen LogP contribution in [-0.4, -0.2) is 0 Å². The summed E-state index contributed by atoms with van der Waals surface area (Å²) in [4.78, 5) is 0. The zero-order valence-corrected chi connectivity index (χ0v) is 10.9. The molecule has 0 spiro atoms. The van der Waals surface area contributed by atoms with Crippen LogP contribution in [0, 0.1) is 11.7 Å². The number of halogens is 5. The van der Waals surface area contributed by atoms with Crippen molar-refractivity contribution in [2.75, 3.05) is 0 Å². The highest BCUT2D eigenvalue weighted by Gasteiger charge is 2.31. The van der Waals surface area contributed by atoms with E-state index in [1.165, 1.54) is 0 Å². The molecule has 18 heavy (non-hydrogen) atoms. The van der Waals surface area contributed by atoms with Crippen molar-refractivity contribution in [1.82, 2.24) is 0 Å². The normalized spacial score (nSPS) is 13.3. The van der Waals surface area contributed by atoms with Gasteiger partial charge in [0.15, 0.2) is 0 Å². The summed E-state index contributed by atoms with van der Waals surface area (Å²) in [5, 5.41) is 0. The number of hydrogen-bond donors (Lipinski definition) is 1. The third-order valence-electron chi connectivity index (χ3n) is 2.45. The maximum atomic E-state index is 13.4. The Bertz CT molecular complexity index is 390. The van der Waals surface area contributed by atoms with Gasteiger partial charge in [-0.2, -0.15) is 13.2 Å². The Kier molecular flexibility index (Phi) is 6.10. The lowest BCUT2D eigenvalue weighted by molar-refractivity contribution is -0.137. The Morgan fingerprint density at radius 1 is 1.22 bits per heavy atom. The molecule has 2 N–H and O–H groups in total. The minimum atomic E-state index is -4.47. The van der Waals surface area contributed by atoms with Gasteiger partial charge in [0.2, 0.25) is 0 Å². The molecule has 0 aromatic heterocycles. The van der Waals surface area contributed by atoms with Crippen LogP contribution >= 0.6 is 12.4 Å². The van der Waals surface area contributed by atoms with E-state index in [1.807, 2.05) is 13.8 Å². The van der Waals surface area contributed by atoms with Crippen LogP contribution in [-0.2, 0) is 6.18 Å². The topological polar surface area (TPSA) is 26.0 Å². The number of rotatable bonds is 3. The molecule has 0 saturated heterocycles. The minimum Gasteiger partial charge on any atom is -0.324 e. The predicted molar refractivity (Wildman–Crippen MR) is 65.0 cm³/mol. The van der Waals surface area contributed by atoms with Gasteiger partial charge >= 0.3 is 6.18 Å². The molecule has 1 nitrogen and oxygen atoms in total. The number of nitrogens with two attached hydrogens (primary N) is 1. The van der Waals surface area contributed by atoms with Crippen molar-refractivity contribution in [1.29, 1.82) is 0 Å². The first-order chi connectivity index (χ1) is 7.71. The fraction of sp³-hybridized carbons (Fsp3) is 0.500. The Morgan fingerprint density at radius 3 is 2.22 bits per heavy atom. The molecular formula is C12H16ClF4N. The van der Waals surface area contributed by atoms with Gasteiger partial charge in [-0.15, -0.1) is 12.4 Å². The van der Waals surface area contributed by atoms with Crippen molar-refractivity contribution in [3.05, 3.63) is 35.1 Å². The molecule has 1 atom stereocenters. The van der Waals surface area contributed by atoms with E-state index < -0.39 is 23.6 Å². The van der Waals surface area contributed by atoms with Gasteiger partial charge in [-0.3, -0.25) is 0 Å². The van der Waals surface area contributed by atoms with E-state index in [4.69, 9.17) is 5.73 Å². The lowest BCUT2D eigenvalue weighted by Gasteiger charge is -2.17. The minimum absolute atomic E-state index is 0. The summed E-state index contributed by atoms with van der Waals surface area (Å²) in [5.74, 6) is -0.495. The largest absolute Gasteiger partial charge is 0.416 e. The summed E-state index contributed by atoms with van der Waals surface area (Å²) in [6.07, 6.45) is -4.03. The van der Waals surface area contributed by atoms with Gasteiger partial charge in [0.05, 0.1) is 5.56 Å². The van der Waals surface area contributed by atoms with Crippen molar-refractivity contribution in [3.8, 4) is 0 Å². The fourth-order valence-corrected chi connectivity index (χ4v) is 1.64. The van der Waals surface area contributed by atoms with Gasteiger partial charge in [-0.05, 0) is 30.5 Å². The van der Waals surface area contributed by atoms with Crippen molar-refractivity contribution in [2.45, 2.75) is 32.5 Å². The molecule has 0 aliphatic rings. The average molecular weight is 286 g/mol. The number of alkyl halides is 3. The van der Waals surface area contributed by atoms with Crippen molar-refractivity contribution >= 4 is 12.4 Å². The lowest BCUT2D eigenvalue weighted by Crippen LogP contribution is -2.16. The molecule has 1 rings (SSSR count). The van der Waals surface area contributed by atoms with Crippen LogP contribution in [0.4, 0.5) is 17.6 Å². The molecule has 0 radical (unpaired) electrons. The molecular weight excluding hydrogens is 270 g/mol. The highest BCUT2D eigenvalue weighted by Crippen LogP contribution is 2.32. The lowest BCUT2D eigenvalue weighted by atomic mass is 9.96. The van der Waals surface area contributed by atoms with E-state index in [2.05, 4.69) is 0 Å². The molecule has 6 heteroatoms. The zero-order chi connectivity index (χ0) is 13.2. The highest BCUT2D eigenvalue weighted by molar-refractivity contribution is 5.85. The average Bonchev–Trinajstić information content (AvgIpc) is 2.15. The number of benzene rings is 1. The molecule has 0 fully saturated rings. The van der Waals surface area contributed by atoms with Crippen LogP contribution in [0.5, 0.6) is 0 Å². The van der Waals surface area contributed by atoms with E-state index in [-0.39, 0.29) is 23.9 Å². The van der Waals surface area contributed by atoms with Gasteiger partial charge in [-0.25, -0.2) is 4.39 Å². The van der Waals surface area contributed by atoms with Crippen LogP contribution < -0.4 is 5.73 Å². The van der Waals surface area contributed by atoms with Gasteiger partial charge in [-0.1, -0.05) is 13.8 Å². The van der Waals surface area contributed by atoms with Crippen LogP contribution in [0.25, 0.3) is 0 Å². The van der Waals surface area contributed by atoms with Crippen LogP contribution in [0.1, 0.15) is 37.4 Å². The summed E-state index contributed by atoms with van der Waals surface area (Å²) in [7, 11) is 0. The van der Waals surface area contributed by atoms with Crippen molar-refractivity contribution < 1.29 is 17.6 Å². The molecule has 1 aromatic rings. The standard InChI is InChI=1S/C12H15F4N.ClH/c1-7(2)5-11(17)9-6-8(12(14,15)16)3-4-10(9)13;/h3-4,6-7,11H,5,17H2,1-2H3;1H/t11-;/m1./s1. The SMILES string of the molecule is CC(C)C[C@@H](N)c1cc(C(F)(F)F)ccc1F.Cl. The van der Waals surface area contributed by atoms with E-state index >= 15 is 0 Å². The van der Waals surface area contributed by atoms with Crippen molar-refractivity contribution in [2.24, 2.45) is 11.7 Å². The molecule has 0 bridgehead atoms. The maximum Gasteiger partial charge on any atom is 0.416 e. The highest BCUT2D eigenvalue weighted by atomic mass is 35.5. The Morgan fingerprint density at radius 2 is 1.78 bits per heavy atom. The Hall–Kier alpha value is -0.810. The summed E-state index contributed by atoms with van der Waals surface area (Å²) in [6, 6.07) is 1.62. The van der Waals surface area contributed by atoms with E-state index in [1.54, 1.807) is 0 Å². The number of hydrogen-bond acceptors (Lipinski definition) is 1. The van der Waals surface area contributed by atoms with Crippen LogP contribution in [0.3, 0.4) is 0 Å². The smallest absolute Gasteiger partial charge is 0.324 e. The van der Waals surface area contributed by atoms with Gasteiger partial charge < -0.3 is 5.73 Å². The third-order valence-corrected chi connectivity index (χ3v) is 2.45. The molecule has 0 unspecified atom stereocenters. The van der Waals surface area contributed by atoms with Gasteiger partial charge in [0.25, 0.3) is 0 Å². The first-order valence-corrected chi connectivity index (χ1v) is 5.34. The molecule has 0 aliphatic heterocycles. The molecule has 104 valence electrons. The third kappa shape index (κ3) is 4.46. The molecule has 0 aliphatic carbocycles. The first kappa shape index (κ1) is 17.2. The second-order valence-corrected chi connectivity index (χ2v) is 4.47. The quantitative estimate of drug-likeness (QED) is 0.823. The molecule has 1 aromatic carbocycles. The van der Waals surface area contributed by atoms with E-state index in [0.29, 0.717) is 6.42 Å². The van der Waals surface area contributed by atoms with Crippen molar-refractivity contribution in [3.63, 3.8) is 0 Å². The maximum absolute atomic E-state index is 13.4. The predicted octanol–water partition coefficient (Wildman–Crippen LogP) is 4.31. The molecule has 0 amide bonds. The second kappa shape index (κ2) is 6.38. The summed E-state index contributed by atoms with van der Waals surface area (Å²) >= 11 is 0. The van der Waals surface area contributed by atoms with Gasteiger partial charge in [0, 0.05) is 11.6 Å². The van der Waals surface area contributed by atoms with Crippen LogP contribution in [0.2, 0.25) is 0 Å². The first-order valence-electron chi connectivity index (χ1n) is 5.34. The zero-order valence-electron chi connectivity index (χ0n) is 10.1. The summed E-state index contributed by atoms with van der Waals surface area (Å²) in [5.41, 5.74) is 4.76. The fourth-order valence-electron chi connectivity index (χ4n) is 1.64. The van der Waals surface area contributed by atoms with E-state index in [9.17, 15) is 17.6 Å². The second-order valence-electron chi connectivity index (χ2n) is 4.47. The van der Waals surface area contributed by atoms with Gasteiger partial charge in [0.1, 0.15) is 5.82 Å². The molecule has 0 heterocycles. The summed E-state index contributed by atoms with van der Waals surface area (Å²) < 4.78 is 50.8. The monoisotopic (exact) mass is 285 g/mol. The summed E-state index contributed by atoms with van der Waals surface area (Å²) in [6.45, 7) is 3.76. The molecule has 0 saturated carbocycles.